The zero-order valence-electron chi connectivity index (χ0n) is 16.5. The molecule has 1 aliphatic rings. The highest BCUT2D eigenvalue weighted by atomic mass is 16.1. The van der Waals surface area contributed by atoms with Gasteiger partial charge in [0.05, 0.1) is 5.52 Å². The third-order valence-corrected chi connectivity index (χ3v) is 4.86. The van der Waals surface area contributed by atoms with E-state index in [0.717, 1.165) is 40.9 Å². The van der Waals surface area contributed by atoms with Crippen LogP contribution in [0.2, 0.25) is 0 Å². The number of nitrogen functional groups attached to an aromatic ring is 1. The Labute approximate surface area is 165 Å². The van der Waals surface area contributed by atoms with Crippen LogP contribution in [0.25, 0.3) is 16.5 Å². The number of nitrogens with one attached hydrogen (secondary N) is 1. The Bertz CT molecular complexity index is 955. The van der Waals surface area contributed by atoms with E-state index in [4.69, 9.17) is 5.73 Å². The molecule has 6 nitrogen and oxygen atoms in total. The largest absolute Gasteiger partial charge is 0.368 e. The SMILES string of the molecule is C=C/C(=C\C=C(/C)c1ccc2nc(N)nc(N3CCCCC3)c2c1)NC(C)=O. The first kappa shape index (κ1) is 19.6. The summed E-state index contributed by atoms with van der Waals surface area (Å²) < 4.78 is 0. The third-order valence-electron chi connectivity index (χ3n) is 4.86. The number of aromatic nitrogens is 2. The lowest BCUT2D eigenvalue weighted by molar-refractivity contribution is -0.118. The molecule has 1 saturated heterocycles. The number of nitrogens with two attached hydrogens (primary N) is 1. The van der Waals surface area contributed by atoms with Crippen molar-refractivity contribution in [3.8, 4) is 0 Å². The molecule has 3 rings (SSSR count). The summed E-state index contributed by atoms with van der Waals surface area (Å²) in [5.74, 6) is 1.10. The molecular formula is C22H27N5O. The number of amides is 1. The summed E-state index contributed by atoms with van der Waals surface area (Å²) in [5.41, 5.74) is 9.60. The van der Waals surface area contributed by atoms with Gasteiger partial charge < -0.3 is 16.0 Å². The normalized spacial score (nSPS) is 15.6. The number of hydrogen-bond acceptors (Lipinski definition) is 5. The molecule has 1 aliphatic heterocycles. The molecule has 1 amide bonds. The number of fused-ring (bicyclic) bond motifs is 1. The Balaban J connectivity index is 1.99. The second-order valence-corrected chi connectivity index (χ2v) is 7.04. The van der Waals surface area contributed by atoms with Gasteiger partial charge in [0.1, 0.15) is 5.82 Å². The van der Waals surface area contributed by atoms with Crippen LogP contribution in [0.3, 0.4) is 0 Å². The van der Waals surface area contributed by atoms with Crippen LogP contribution >= 0.6 is 0 Å². The van der Waals surface area contributed by atoms with E-state index in [9.17, 15) is 4.79 Å². The van der Waals surface area contributed by atoms with E-state index in [0.29, 0.717) is 11.6 Å². The summed E-state index contributed by atoms with van der Waals surface area (Å²) in [4.78, 5) is 22.5. The quantitative estimate of drug-likeness (QED) is 0.774. The van der Waals surface area contributed by atoms with Crippen molar-refractivity contribution in [2.75, 3.05) is 23.7 Å². The summed E-state index contributed by atoms with van der Waals surface area (Å²) in [6.07, 6.45) is 9.03. The van der Waals surface area contributed by atoms with Gasteiger partial charge in [0.25, 0.3) is 0 Å². The lowest BCUT2D eigenvalue weighted by Crippen LogP contribution is -2.30. The van der Waals surface area contributed by atoms with E-state index in [1.807, 2.05) is 31.2 Å². The standard InChI is InChI=1S/C22H27N5O/c1-4-18(24-16(3)28)10-8-15(2)17-9-11-20-19(14-17)21(26-22(23)25-20)27-12-6-5-7-13-27/h4,8-11,14H,1,5-7,12-13H2,2-3H3,(H,24,28)(H2,23,25,26)/b15-8+,18-10+. The maximum atomic E-state index is 11.2. The van der Waals surface area contributed by atoms with Gasteiger partial charge in [0.2, 0.25) is 11.9 Å². The van der Waals surface area contributed by atoms with Crippen molar-refractivity contribution in [2.24, 2.45) is 0 Å². The fourth-order valence-electron chi connectivity index (χ4n) is 3.40. The van der Waals surface area contributed by atoms with Crippen molar-refractivity contribution in [3.63, 3.8) is 0 Å². The molecule has 6 heteroatoms. The summed E-state index contributed by atoms with van der Waals surface area (Å²) in [6, 6.07) is 6.13. The van der Waals surface area contributed by atoms with Gasteiger partial charge in [-0.05, 0) is 61.6 Å². The third kappa shape index (κ3) is 4.57. The van der Waals surface area contributed by atoms with Crippen molar-refractivity contribution >= 4 is 34.1 Å². The Hall–Kier alpha value is -3.15. The Kier molecular flexibility index (Phi) is 6.09. The molecule has 1 aromatic carbocycles. The number of anilines is 2. The number of nitrogens with zero attached hydrogens (tertiary/aromatic N) is 3. The van der Waals surface area contributed by atoms with E-state index in [2.05, 4.69) is 32.8 Å². The van der Waals surface area contributed by atoms with Crippen LogP contribution in [-0.4, -0.2) is 29.0 Å². The first-order valence-electron chi connectivity index (χ1n) is 9.59. The van der Waals surface area contributed by atoms with E-state index < -0.39 is 0 Å². The maximum absolute atomic E-state index is 11.2. The van der Waals surface area contributed by atoms with Gasteiger partial charge in [-0.2, -0.15) is 4.98 Å². The minimum atomic E-state index is -0.121. The summed E-state index contributed by atoms with van der Waals surface area (Å²) in [7, 11) is 0. The molecule has 0 bridgehead atoms. The molecule has 0 spiro atoms. The smallest absolute Gasteiger partial charge is 0.222 e. The minimum absolute atomic E-state index is 0.121. The molecule has 2 aromatic rings. The minimum Gasteiger partial charge on any atom is -0.368 e. The van der Waals surface area contributed by atoms with E-state index >= 15 is 0 Å². The molecule has 1 fully saturated rings. The van der Waals surface area contributed by atoms with Crippen molar-refractivity contribution in [2.45, 2.75) is 33.1 Å². The summed E-state index contributed by atoms with van der Waals surface area (Å²) in [5, 5.41) is 3.75. The fourth-order valence-corrected chi connectivity index (χ4v) is 3.40. The molecule has 0 aliphatic carbocycles. The number of hydrogen-bond donors (Lipinski definition) is 2. The molecular weight excluding hydrogens is 350 g/mol. The van der Waals surface area contributed by atoms with Gasteiger partial charge in [-0.3, -0.25) is 4.79 Å². The van der Waals surface area contributed by atoms with Crippen molar-refractivity contribution in [1.29, 1.82) is 0 Å². The molecule has 2 heterocycles. The number of piperidine rings is 1. The maximum Gasteiger partial charge on any atom is 0.222 e. The lowest BCUT2D eigenvalue weighted by atomic mass is 10.0. The number of carbonyl (C=O) groups is 1. The molecule has 3 N–H and O–H groups in total. The lowest BCUT2D eigenvalue weighted by Gasteiger charge is -2.28. The monoisotopic (exact) mass is 377 g/mol. The average molecular weight is 377 g/mol. The second kappa shape index (κ2) is 8.69. The van der Waals surface area contributed by atoms with E-state index in [1.54, 1.807) is 6.08 Å². The molecule has 0 unspecified atom stereocenters. The molecule has 28 heavy (non-hydrogen) atoms. The molecule has 146 valence electrons. The van der Waals surface area contributed by atoms with Crippen molar-refractivity contribution < 1.29 is 4.79 Å². The van der Waals surface area contributed by atoms with Crippen molar-refractivity contribution in [3.05, 3.63) is 54.3 Å². The predicted octanol–water partition coefficient (Wildman–Crippen LogP) is 3.81. The van der Waals surface area contributed by atoms with Gasteiger partial charge in [0.15, 0.2) is 0 Å². The van der Waals surface area contributed by atoms with Gasteiger partial charge in [0, 0.05) is 31.1 Å². The Morgan fingerprint density at radius 1 is 1.18 bits per heavy atom. The van der Waals surface area contributed by atoms with Crippen LogP contribution in [-0.2, 0) is 4.79 Å². The summed E-state index contributed by atoms with van der Waals surface area (Å²) in [6.45, 7) is 9.23. The Morgan fingerprint density at radius 2 is 1.93 bits per heavy atom. The van der Waals surface area contributed by atoms with Crippen LogP contribution in [0.15, 0.2) is 48.7 Å². The first-order chi connectivity index (χ1) is 13.5. The first-order valence-corrected chi connectivity index (χ1v) is 9.59. The number of allylic oxidation sites excluding steroid dienone is 4. The van der Waals surface area contributed by atoms with Crippen LogP contribution in [0.4, 0.5) is 11.8 Å². The van der Waals surface area contributed by atoms with Crippen LogP contribution in [0, 0.1) is 0 Å². The van der Waals surface area contributed by atoms with E-state index in [1.165, 1.54) is 26.2 Å². The van der Waals surface area contributed by atoms with Gasteiger partial charge in [-0.15, -0.1) is 0 Å². The molecule has 0 saturated carbocycles. The zero-order chi connectivity index (χ0) is 20.1. The highest BCUT2D eigenvalue weighted by Crippen LogP contribution is 2.29. The van der Waals surface area contributed by atoms with Gasteiger partial charge >= 0.3 is 0 Å². The van der Waals surface area contributed by atoms with Gasteiger partial charge in [-0.25, -0.2) is 4.98 Å². The van der Waals surface area contributed by atoms with Gasteiger partial charge in [-0.1, -0.05) is 18.7 Å². The van der Waals surface area contributed by atoms with Crippen molar-refractivity contribution in [1.82, 2.24) is 15.3 Å². The highest BCUT2D eigenvalue weighted by molar-refractivity contribution is 5.93. The van der Waals surface area contributed by atoms with Crippen LogP contribution in [0.1, 0.15) is 38.7 Å². The Morgan fingerprint density at radius 3 is 2.61 bits per heavy atom. The molecule has 0 radical (unpaired) electrons. The summed E-state index contributed by atoms with van der Waals surface area (Å²) >= 11 is 0. The predicted molar refractivity (Wildman–Crippen MR) is 116 cm³/mol. The van der Waals surface area contributed by atoms with Crippen LogP contribution < -0.4 is 16.0 Å². The number of rotatable bonds is 5. The second-order valence-electron chi connectivity index (χ2n) is 7.04. The van der Waals surface area contributed by atoms with Crippen LogP contribution in [0.5, 0.6) is 0 Å². The number of carbonyl (C=O) groups excluding carboxylic acids is 1. The fraction of sp³-hybridized carbons (Fsp3) is 0.318. The topological polar surface area (TPSA) is 84.1 Å². The molecule has 1 aromatic heterocycles. The number of benzene rings is 1. The molecule has 0 atom stereocenters. The van der Waals surface area contributed by atoms with E-state index in [-0.39, 0.29) is 5.91 Å². The average Bonchev–Trinajstić information content (AvgIpc) is 2.70. The zero-order valence-corrected chi connectivity index (χ0v) is 16.5. The highest BCUT2D eigenvalue weighted by Gasteiger charge is 2.17.